The Morgan fingerprint density at radius 2 is 1.85 bits per heavy atom. The first-order valence-electron chi connectivity index (χ1n) is 6.67. The lowest BCUT2D eigenvalue weighted by Gasteiger charge is -2.22. The van der Waals surface area contributed by atoms with Crippen molar-refractivity contribution in [3.05, 3.63) is 35.9 Å². The third kappa shape index (κ3) is 5.28. The predicted molar refractivity (Wildman–Crippen MR) is 76.3 cm³/mol. The molecule has 0 fully saturated rings. The van der Waals surface area contributed by atoms with Gasteiger partial charge in [-0.25, -0.2) is 4.79 Å². The van der Waals surface area contributed by atoms with Crippen molar-refractivity contribution in [2.75, 3.05) is 33.5 Å². The number of hydrogen-bond donors (Lipinski definition) is 1. The van der Waals surface area contributed by atoms with Crippen LogP contribution in [0.3, 0.4) is 0 Å². The highest BCUT2D eigenvalue weighted by atomic mass is 16.6. The summed E-state index contributed by atoms with van der Waals surface area (Å²) in [5, 5.41) is 0. The number of nitrogens with two attached hydrogens (primary N) is 1. The van der Waals surface area contributed by atoms with Gasteiger partial charge in [-0.3, -0.25) is 0 Å². The minimum absolute atomic E-state index is 0.200. The third-order valence-corrected chi connectivity index (χ3v) is 2.90. The van der Waals surface area contributed by atoms with Crippen molar-refractivity contribution in [1.82, 2.24) is 0 Å². The van der Waals surface area contributed by atoms with Crippen LogP contribution < -0.4 is 5.73 Å². The molecule has 1 aromatic rings. The zero-order chi connectivity index (χ0) is 14.8. The average molecular weight is 281 g/mol. The number of esters is 1. The van der Waals surface area contributed by atoms with E-state index in [0.717, 1.165) is 12.0 Å². The quantitative estimate of drug-likeness (QED) is 0.548. The van der Waals surface area contributed by atoms with E-state index in [9.17, 15) is 4.79 Å². The summed E-state index contributed by atoms with van der Waals surface area (Å²) in [6, 6.07) is 9.17. The molecule has 0 amide bonds. The van der Waals surface area contributed by atoms with Gasteiger partial charge in [0.2, 0.25) is 0 Å². The van der Waals surface area contributed by atoms with Gasteiger partial charge in [-0.15, -0.1) is 0 Å². The van der Waals surface area contributed by atoms with Gasteiger partial charge >= 0.3 is 5.97 Å². The Bertz CT molecular complexity index is 392. The van der Waals surface area contributed by atoms with Crippen molar-refractivity contribution < 1.29 is 19.0 Å². The molecule has 112 valence electrons. The van der Waals surface area contributed by atoms with E-state index in [1.165, 1.54) is 0 Å². The fraction of sp³-hybridized carbons (Fsp3) is 0.533. The van der Waals surface area contributed by atoms with Gasteiger partial charge in [-0.1, -0.05) is 30.3 Å². The monoisotopic (exact) mass is 281 g/mol. The summed E-state index contributed by atoms with van der Waals surface area (Å²) < 4.78 is 15.4. The summed E-state index contributed by atoms with van der Waals surface area (Å²) >= 11 is 0. The van der Waals surface area contributed by atoms with Crippen molar-refractivity contribution in [1.29, 1.82) is 0 Å². The molecule has 0 saturated carbocycles. The molecule has 1 atom stereocenters. The lowest BCUT2D eigenvalue weighted by atomic mass is 9.93. The van der Waals surface area contributed by atoms with Gasteiger partial charge in [-0.05, 0) is 18.9 Å². The minimum atomic E-state index is -1.14. The van der Waals surface area contributed by atoms with Crippen LogP contribution in [-0.4, -0.2) is 39.5 Å². The number of hydrogen-bond acceptors (Lipinski definition) is 5. The predicted octanol–water partition coefficient (Wildman–Crippen LogP) is 1.46. The highest BCUT2D eigenvalue weighted by molar-refractivity contribution is 5.81. The number of ether oxygens (including phenoxy) is 3. The maximum Gasteiger partial charge on any atom is 0.330 e. The Morgan fingerprint density at radius 3 is 2.50 bits per heavy atom. The molecule has 0 bridgehead atoms. The van der Waals surface area contributed by atoms with E-state index in [-0.39, 0.29) is 6.61 Å². The van der Waals surface area contributed by atoms with E-state index >= 15 is 0 Å². The number of rotatable bonds is 9. The Hall–Kier alpha value is -1.43. The van der Waals surface area contributed by atoms with Gasteiger partial charge < -0.3 is 19.9 Å². The highest BCUT2D eigenvalue weighted by Crippen LogP contribution is 2.18. The van der Waals surface area contributed by atoms with Crippen LogP contribution in [-0.2, 0) is 24.5 Å². The van der Waals surface area contributed by atoms with E-state index in [0.29, 0.717) is 19.8 Å². The van der Waals surface area contributed by atoms with Crippen LogP contribution in [0.1, 0.15) is 18.9 Å². The first-order valence-corrected chi connectivity index (χ1v) is 6.67. The SMILES string of the molecule is COCCCOCCOC(=O)C(C)(N)c1ccccc1. The lowest BCUT2D eigenvalue weighted by molar-refractivity contribution is -0.151. The molecule has 1 unspecified atom stereocenters. The Kier molecular flexibility index (Phi) is 7.22. The Labute approximate surface area is 120 Å². The second kappa shape index (κ2) is 8.68. The third-order valence-electron chi connectivity index (χ3n) is 2.90. The molecular weight excluding hydrogens is 258 g/mol. The van der Waals surface area contributed by atoms with E-state index in [2.05, 4.69) is 0 Å². The van der Waals surface area contributed by atoms with Crippen LogP contribution in [0.4, 0.5) is 0 Å². The molecule has 0 aromatic heterocycles. The van der Waals surface area contributed by atoms with Gasteiger partial charge in [0, 0.05) is 20.3 Å². The van der Waals surface area contributed by atoms with Crippen molar-refractivity contribution in [2.24, 2.45) is 5.73 Å². The molecule has 0 saturated heterocycles. The van der Waals surface area contributed by atoms with Crippen molar-refractivity contribution in [3.63, 3.8) is 0 Å². The van der Waals surface area contributed by atoms with Crippen LogP contribution in [0.5, 0.6) is 0 Å². The molecule has 0 aliphatic rings. The van der Waals surface area contributed by atoms with Crippen LogP contribution in [0.25, 0.3) is 0 Å². The molecule has 5 heteroatoms. The maximum absolute atomic E-state index is 12.0. The molecular formula is C15H23NO4. The Balaban J connectivity index is 2.28. The minimum Gasteiger partial charge on any atom is -0.462 e. The topological polar surface area (TPSA) is 70.8 Å². The zero-order valence-corrected chi connectivity index (χ0v) is 12.1. The van der Waals surface area contributed by atoms with Gasteiger partial charge in [0.1, 0.15) is 12.1 Å². The summed E-state index contributed by atoms with van der Waals surface area (Å²) in [7, 11) is 1.65. The molecule has 0 heterocycles. The standard InChI is InChI=1S/C15H23NO4/c1-15(16,13-7-4-3-5-8-13)14(17)20-12-11-19-10-6-9-18-2/h3-5,7-8H,6,9-12,16H2,1-2H3. The van der Waals surface area contributed by atoms with E-state index < -0.39 is 11.5 Å². The molecule has 5 nitrogen and oxygen atoms in total. The van der Waals surface area contributed by atoms with Gasteiger partial charge in [0.05, 0.1) is 6.61 Å². The Morgan fingerprint density at radius 1 is 1.15 bits per heavy atom. The second-order valence-corrected chi connectivity index (χ2v) is 4.66. The molecule has 0 aliphatic heterocycles. The van der Waals surface area contributed by atoms with E-state index in [4.69, 9.17) is 19.9 Å². The van der Waals surface area contributed by atoms with E-state index in [1.54, 1.807) is 14.0 Å². The zero-order valence-electron chi connectivity index (χ0n) is 12.1. The maximum atomic E-state index is 12.0. The number of carbonyl (C=O) groups excluding carboxylic acids is 1. The van der Waals surface area contributed by atoms with Crippen LogP contribution in [0.2, 0.25) is 0 Å². The fourth-order valence-corrected chi connectivity index (χ4v) is 1.65. The van der Waals surface area contributed by atoms with E-state index in [1.807, 2.05) is 30.3 Å². The second-order valence-electron chi connectivity index (χ2n) is 4.66. The number of methoxy groups -OCH3 is 1. The molecule has 2 N–H and O–H groups in total. The summed E-state index contributed by atoms with van der Waals surface area (Å²) in [4.78, 5) is 12.0. The van der Waals surface area contributed by atoms with Gasteiger partial charge in [0.15, 0.2) is 0 Å². The van der Waals surface area contributed by atoms with Crippen molar-refractivity contribution in [2.45, 2.75) is 18.9 Å². The van der Waals surface area contributed by atoms with Crippen LogP contribution in [0.15, 0.2) is 30.3 Å². The summed E-state index contributed by atoms with van der Waals surface area (Å²) in [5.74, 6) is -0.454. The molecule has 20 heavy (non-hydrogen) atoms. The van der Waals surface area contributed by atoms with Gasteiger partial charge in [-0.2, -0.15) is 0 Å². The molecule has 0 spiro atoms. The molecule has 0 radical (unpaired) electrons. The largest absolute Gasteiger partial charge is 0.462 e. The lowest BCUT2D eigenvalue weighted by Crippen LogP contribution is -2.43. The number of benzene rings is 1. The van der Waals surface area contributed by atoms with Crippen molar-refractivity contribution >= 4 is 5.97 Å². The summed E-state index contributed by atoms with van der Waals surface area (Å²) in [5.41, 5.74) is 5.62. The molecule has 0 aliphatic carbocycles. The smallest absolute Gasteiger partial charge is 0.330 e. The average Bonchev–Trinajstić information content (AvgIpc) is 2.47. The fourth-order valence-electron chi connectivity index (χ4n) is 1.65. The molecule has 1 rings (SSSR count). The number of carbonyl (C=O) groups is 1. The summed E-state index contributed by atoms with van der Waals surface area (Å²) in [6.07, 6.45) is 0.822. The normalized spacial score (nSPS) is 13.8. The van der Waals surface area contributed by atoms with Crippen molar-refractivity contribution in [3.8, 4) is 0 Å². The van der Waals surface area contributed by atoms with Crippen LogP contribution >= 0.6 is 0 Å². The first-order chi connectivity index (χ1) is 9.59. The first kappa shape index (κ1) is 16.6. The highest BCUT2D eigenvalue weighted by Gasteiger charge is 2.31. The summed E-state index contributed by atoms with van der Waals surface area (Å²) in [6.45, 7) is 3.45. The van der Waals surface area contributed by atoms with Gasteiger partial charge in [0.25, 0.3) is 0 Å². The molecule has 1 aromatic carbocycles. The van der Waals surface area contributed by atoms with Crippen LogP contribution in [0, 0.1) is 0 Å².